The van der Waals surface area contributed by atoms with Crippen LogP contribution in [0, 0.1) is 5.92 Å². The lowest BCUT2D eigenvalue weighted by molar-refractivity contribution is -1.12. The van der Waals surface area contributed by atoms with Crippen molar-refractivity contribution in [3.05, 3.63) is 0 Å². The van der Waals surface area contributed by atoms with Crippen LogP contribution < -0.4 is 11.7 Å². The predicted molar refractivity (Wildman–Crippen MR) is 35.3 cm³/mol. The quantitative estimate of drug-likeness (QED) is 0.318. The van der Waals surface area contributed by atoms with E-state index in [0.29, 0.717) is 12.5 Å². The van der Waals surface area contributed by atoms with Crippen molar-refractivity contribution in [2.24, 2.45) is 17.6 Å². The summed E-state index contributed by atoms with van der Waals surface area (Å²) in [5, 5.41) is 0. The maximum Gasteiger partial charge on any atom is 0.150 e. The van der Waals surface area contributed by atoms with Gasteiger partial charge in [0.1, 0.15) is 7.11 Å². The minimum Gasteiger partial charge on any atom is -0.165 e. The van der Waals surface area contributed by atoms with Crippen LogP contribution in [-0.4, -0.2) is 18.5 Å². The second-order valence-electron chi connectivity index (χ2n) is 2.61. The summed E-state index contributed by atoms with van der Waals surface area (Å²) in [6, 6.07) is 0. The molecule has 0 radical (unpaired) electrons. The number of nitrogens with two attached hydrogens (primary N) is 2. The molecule has 0 spiro atoms. The lowest BCUT2D eigenvalue weighted by atomic mass is 10.2. The smallest absolute Gasteiger partial charge is 0.150 e. The molecule has 4 heteroatoms. The molecule has 0 rings (SSSR count). The Balaban J connectivity index is 3.58. The summed E-state index contributed by atoms with van der Waals surface area (Å²) in [5.74, 6) is 11.3. The molecule has 0 aromatic heterocycles. The Bertz CT molecular complexity index is 82.3. The van der Waals surface area contributed by atoms with Crippen molar-refractivity contribution < 1.29 is 9.70 Å². The summed E-state index contributed by atoms with van der Waals surface area (Å²) in [7, 11) is 1.49. The number of rotatable bonds is 3. The molecule has 0 aliphatic rings. The van der Waals surface area contributed by atoms with E-state index in [9.17, 15) is 0 Å². The van der Waals surface area contributed by atoms with Gasteiger partial charge in [0.15, 0.2) is 6.54 Å². The number of hydrogen-bond acceptors (Lipinski definition) is 3. The number of quaternary nitrogens is 1. The molecule has 4 N–H and O–H groups in total. The minimum absolute atomic E-state index is 0.350. The fourth-order valence-corrected chi connectivity index (χ4v) is 0.645. The molecule has 0 amide bonds. The summed E-state index contributed by atoms with van der Waals surface area (Å²) in [6.07, 6.45) is 0. The summed E-state index contributed by atoms with van der Waals surface area (Å²) in [5.41, 5.74) is 0. The van der Waals surface area contributed by atoms with Crippen LogP contribution in [0.5, 0.6) is 0 Å². The zero-order chi connectivity index (χ0) is 7.49. The first-order valence-electron chi connectivity index (χ1n) is 2.99. The van der Waals surface area contributed by atoms with Gasteiger partial charge < -0.3 is 0 Å². The van der Waals surface area contributed by atoms with E-state index < -0.39 is 0 Å². The molecule has 9 heavy (non-hydrogen) atoms. The minimum atomic E-state index is -0.350. The Labute approximate surface area is 55.9 Å². The standard InChI is InChI=1S/C5H16N3O/c1-5(2)4-8(6,7)9-3/h5H,4,6-7H2,1-3H3/q+1. The molecule has 0 bridgehead atoms. The van der Waals surface area contributed by atoms with Gasteiger partial charge in [-0.05, 0) is 4.86 Å². The first kappa shape index (κ1) is 8.84. The largest absolute Gasteiger partial charge is 0.165 e. The second-order valence-corrected chi connectivity index (χ2v) is 2.61. The van der Waals surface area contributed by atoms with Crippen LogP contribution in [0.25, 0.3) is 0 Å². The summed E-state index contributed by atoms with van der Waals surface area (Å²) in [4.78, 5) is 4.39. The molecule has 0 aliphatic carbocycles. The zero-order valence-corrected chi connectivity index (χ0v) is 6.29. The molecule has 0 unspecified atom stereocenters. The van der Waals surface area contributed by atoms with E-state index in [1.807, 2.05) is 13.8 Å². The molecular weight excluding hydrogens is 118 g/mol. The summed E-state index contributed by atoms with van der Waals surface area (Å²) < 4.78 is 0. The van der Waals surface area contributed by atoms with Crippen molar-refractivity contribution in [3.8, 4) is 0 Å². The highest BCUT2D eigenvalue weighted by Gasteiger charge is 2.18. The van der Waals surface area contributed by atoms with Crippen LogP contribution in [0.1, 0.15) is 13.8 Å². The van der Waals surface area contributed by atoms with Crippen molar-refractivity contribution in [1.82, 2.24) is 0 Å². The molecule has 0 aromatic carbocycles. The monoisotopic (exact) mass is 134 g/mol. The highest BCUT2D eigenvalue weighted by molar-refractivity contribution is 4.34. The van der Waals surface area contributed by atoms with Crippen LogP contribution in [0.15, 0.2) is 0 Å². The SMILES string of the molecule is CO[N+](N)(N)CC(C)C. The van der Waals surface area contributed by atoms with E-state index in [-0.39, 0.29) is 4.86 Å². The Kier molecular flexibility index (Phi) is 3.07. The Morgan fingerprint density at radius 1 is 1.44 bits per heavy atom. The lowest BCUT2D eigenvalue weighted by Gasteiger charge is -2.22. The van der Waals surface area contributed by atoms with Gasteiger partial charge in [0.25, 0.3) is 0 Å². The number of hydrogen-bond donors (Lipinski definition) is 2. The van der Waals surface area contributed by atoms with Gasteiger partial charge in [0.2, 0.25) is 0 Å². The van der Waals surface area contributed by atoms with Gasteiger partial charge in [-0.1, -0.05) is 13.8 Å². The molecule has 0 atom stereocenters. The summed E-state index contributed by atoms with van der Waals surface area (Å²) in [6.45, 7) is 4.69. The van der Waals surface area contributed by atoms with Crippen LogP contribution in [0.3, 0.4) is 0 Å². The first-order valence-corrected chi connectivity index (χ1v) is 2.99. The van der Waals surface area contributed by atoms with Gasteiger partial charge in [-0.15, -0.1) is 11.7 Å². The van der Waals surface area contributed by atoms with Crippen LogP contribution >= 0.6 is 0 Å². The van der Waals surface area contributed by atoms with E-state index >= 15 is 0 Å². The fraction of sp³-hybridized carbons (Fsp3) is 1.00. The van der Waals surface area contributed by atoms with Gasteiger partial charge in [-0.25, -0.2) is 0 Å². The third-order valence-electron chi connectivity index (χ3n) is 0.990. The van der Waals surface area contributed by atoms with Crippen molar-refractivity contribution in [2.45, 2.75) is 13.8 Å². The van der Waals surface area contributed by atoms with Crippen LogP contribution in [-0.2, 0) is 4.84 Å². The second kappa shape index (κ2) is 3.12. The van der Waals surface area contributed by atoms with Gasteiger partial charge in [0, 0.05) is 5.92 Å². The molecule has 0 saturated carbocycles. The van der Waals surface area contributed by atoms with E-state index in [0.717, 1.165) is 0 Å². The molecular formula is C5H16N3O+. The maximum absolute atomic E-state index is 5.41. The van der Waals surface area contributed by atoms with Gasteiger partial charge >= 0.3 is 0 Å². The third kappa shape index (κ3) is 4.35. The molecule has 0 heterocycles. The van der Waals surface area contributed by atoms with Crippen molar-refractivity contribution in [1.29, 1.82) is 0 Å². The molecule has 0 fully saturated rings. The van der Waals surface area contributed by atoms with E-state index in [4.69, 9.17) is 16.5 Å². The van der Waals surface area contributed by atoms with Gasteiger partial charge in [-0.3, -0.25) is 0 Å². The van der Waals surface area contributed by atoms with E-state index in [2.05, 4.69) is 0 Å². The van der Waals surface area contributed by atoms with Crippen molar-refractivity contribution in [3.63, 3.8) is 0 Å². The maximum atomic E-state index is 5.41. The van der Waals surface area contributed by atoms with E-state index in [1.165, 1.54) is 7.11 Å². The Hall–Kier alpha value is -0.160. The Morgan fingerprint density at radius 2 is 1.89 bits per heavy atom. The van der Waals surface area contributed by atoms with Crippen LogP contribution in [0.4, 0.5) is 0 Å². The number of hydroxylamine groups is 1. The van der Waals surface area contributed by atoms with Crippen molar-refractivity contribution >= 4 is 0 Å². The average Bonchev–Trinajstić information content (AvgIpc) is 1.63. The Morgan fingerprint density at radius 3 is 2.00 bits per heavy atom. The average molecular weight is 134 g/mol. The molecule has 0 aliphatic heterocycles. The number of nitrogens with zero attached hydrogens (tertiary/aromatic N) is 1. The third-order valence-corrected chi connectivity index (χ3v) is 0.990. The predicted octanol–water partition coefficient (Wildman–Crippen LogP) is -0.232. The van der Waals surface area contributed by atoms with Crippen LogP contribution in [0.2, 0.25) is 0 Å². The van der Waals surface area contributed by atoms with Gasteiger partial charge in [0.05, 0.1) is 0 Å². The topological polar surface area (TPSA) is 61.3 Å². The summed E-state index contributed by atoms with van der Waals surface area (Å²) >= 11 is 0. The highest BCUT2D eigenvalue weighted by atomic mass is 16.8. The molecule has 4 nitrogen and oxygen atoms in total. The normalized spacial score (nSPS) is 12.7. The highest BCUT2D eigenvalue weighted by Crippen LogP contribution is 1.97. The first-order chi connectivity index (χ1) is 3.98. The van der Waals surface area contributed by atoms with Gasteiger partial charge in [-0.2, -0.15) is 4.84 Å². The van der Waals surface area contributed by atoms with Crippen molar-refractivity contribution in [2.75, 3.05) is 13.7 Å². The fourth-order valence-electron chi connectivity index (χ4n) is 0.645. The molecule has 0 aromatic rings. The zero-order valence-electron chi connectivity index (χ0n) is 6.29. The van der Waals surface area contributed by atoms with E-state index in [1.54, 1.807) is 0 Å². The lowest BCUT2D eigenvalue weighted by Crippen LogP contribution is -2.60. The molecule has 56 valence electrons. The molecule has 0 saturated heterocycles.